The molecule has 1 amide bonds. The molecule has 4 rings (SSSR count). The summed E-state index contributed by atoms with van der Waals surface area (Å²) >= 11 is 6.27. The standard InChI is InChI=1S/C24H31ClN4O5/c25-19-7-6-17(14-18(19)21(31)26-16-24(34)8-3-1-2-4-9-24)29-22(32)28(20(30)15-27-29)13-12-23(33)10-5-11-23/h6-7,14-15,33-34H,1-5,8-13,16H2,(H,26,31). The SMILES string of the molecule is O=C(NCC1(O)CCCCCC1)c1cc(-n2ncc(=O)n(CCC3(O)CCC3)c2=O)ccc1Cl. The summed E-state index contributed by atoms with van der Waals surface area (Å²) in [4.78, 5) is 38.1. The normalized spacial score (nSPS) is 19.1. The van der Waals surface area contributed by atoms with Crippen LogP contribution in [0.5, 0.6) is 0 Å². The van der Waals surface area contributed by atoms with Gasteiger partial charge in [-0.05, 0) is 56.7 Å². The van der Waals surface area contributed by atoms with Crippen molar-refractivity contribution in [3.8, 4) is 5.69 Å². The summed E-state index contributed by atoms with van der Waals surface area (Å²) in [6.45, 7) is 0.203. The number of hydrogen-bond donors (Lipinski definition) is 3. The van der Waals surface area contributed by atoms with Crippen LogP contribution in [-0.2, 0) is 6.54 Å². The zero-order valence-electron chi connectivity index (χ0n) is 19.1. The summed E-state index contributed by atoms with van der Waals surface area (Å²) in [7, 11) is 0. The fourth-order valence-electron chi connectivity index (χ4n) is 4.70. The first-order valence-electron chi connectivity index (χ1n) is 11.9. The van der Waals surface area contributed by atoms with E-state index in [4.69, 9.17) is 11.6 Å². The molecule has 0 bridgehead atoms. The van der Waals surface area contributed by atoms with Gasteiger partial charge in [0, 0.05) is 13.1 Å². The summed E-state index contributed by atoms with van der Waals surface area (Å²) in [5, 5.41) is 28.1. The molecule has 34 heavy (non-hydrogen) atoms. The lowest BCUT2D eigenvalue weighted by Crippen LogP contribution is -2.44. The highest BCUT2D eigenvalue weighted by molar-refractivity contribution is 6.33. The van der Waals surface area contributed by atoms with E-state index in [2.05, 4.69) is 10.4 Å². The monoisotopic (exact) mass is 490 g/mol. The second-order valence-electron chi connectivity index (χ2n) is 9.64. The molecule has 2 aromatic rings. The Morgan fingerprint density at radius 3 is 2.35 bits per heavy atom. The van der Waals surface area contributed by atoms with Crippen LogP contribution in [-0.4, -0.2) is 48.2 Å². The molecule has 0 atom stereocenters. The molecule has 1 aromatic heterocycles. The van der Waals surface area contributed by atoms with E-state index in [1.165, 1.54) is 12.1 Å². The van der Waals surface area contributed by atoms with Crippen LogP contribution in [0.3, 0.4) is 0 Å². The lowest BCUT2D eigenvalue weighted by Gasteiger charge is -2.36. The molecular weight excluding hydrogens is 460 g/mol. The Morgan fingerprint density at radius 2 is 1.71 bits per heavy atom. The van der Waals surface area contributed by atoms with Gasteiger partial charge in [0.2, 0.25) is 0 Å². The first-order valence-corrected chi connectivity index (χ1v) is 12.3. The molecule has 2 fully saturated rings. The Kier molecular flexibility index (Phi) is 7.25. The van der Waals surface area contributed by atoms with Crippen molar-refractivity contribution >= 4 is 17.5 Å². The molecule has 184 valence electrons. The van der Waals surface area contributed by atoms with E-state index in [1.807, 2.05) is 0 Å². The van der Waals surface area contributed by atoms with E-state index in [-0.39, 0.29) is 29.4 Å². The summed E-state index contributed by atoms with van der Waals surface area (Å²) in [5.74, 6) is -0.460. The van der Waals surface area contributed by atoms with Gasteiger partial charge < -0.3 is 15.5 Å². The van der Waals surface area contributed by atoms with Crippen molar-refractivity contribution in [2.75, 3.05) is 6.54 Å². The number of rotatable bonds is 7. The minimum absolute atomic E-state index is 0.0796. The van der Waals surface area contributed by atoms with Crippen LogP contribution in [0.4, 0.5) is 0 Å². The van der Waals surface area contributed by atoms with Crippen LogP contribution in [0.25, 0.3) is 5.69 Å². The molecule has 2 aliphatic rings. The third-order valence-corrected chi connectivity index (χ3v) is 7.43. The van der Waals surface area contributed by atoms with E-state index in [0.717, 1.165) is 47.5 Å². The number of halogens is 1. The Morgan fingerprint density at radius 1 is 1.03 bits per heavy atom. The van der Waals surface area contributed by atoms with Crippen molar-refractivity contribution in [1.82, 2.24) is 19.7 Å². The van der Waals surface area contributed by atoms with Crippen molar-refractivity contribution in [3.05, 3.63) is 55.8 Å². The summed E-state index contributed by atoms with van der Waals surface area (Å²) in [6, 6.07) is 4.48. The van der Waals surface area contributed by atoms with Crippen LogP contribution in [0.15, 0.2) is 34.0 Å². The van der Waals surface area contributed by atoms with Gasteiger partial charge in [-0.2, -0.15) is 9.78 Å². The Bertz CT molecular complexity index is 1160. The molecule has 3 N–H and O–H groups in total. The molecule has 0 radical (unpaired) electrons. The maximum absolute atomic E-state index is 13.0. The van der Waals surface area contributed by atoms with Crippen LogP contribution < -0.4 is 16.6 Å². The number of aromatic nitrogens is 3. The molecule has 0 saturated heterocycles. The van der Waals surface area contributed by atoms with E-state index in [0.29, 0.717) is 32.1 Å². The van der Waals surface area contributed by atoms with Gasteiger partial charge in [0.1, 0.15) is 6.20 Å². The lowest BCUT2D eigenvalue weighted by molar-refractivity contribution is -0.0437. The average molecular weight is 491 g/mol. The first kappa shape index (κ1) is 24.6. The maximum Gasteiger partial charge on any atom is 0.352 e. The number of amides is 1. The number of aliphatic hydroxyl groups is 2. The number of benzene rings is 1. The lowest BCUT2D eigenvalue weighted by atomic mass is 9.78. The highest BCUT2D eigenvalue weighted by atomic mass is 35.5. The molecule has 0 unspecified atom stereocenters. The second kappa shape index (κ2) is 10.0. The summed E-state index contributed by atoms with van der Waals surface area (Å²) in [6.07, 6.45) is 8.87. The average Bonchev–Trinajstić information content (AvgIpc) is 3.01. The molecule has 10 heteroatoms. The van der Waals surface area contributed by atoms with Crippen molar-refractivity contribution in [2.24, 2.45) is 0 Å². The molecule has 0 aliphatic heterocycles. The molecule has 0 spiro atoms. The Balaban J connectivity index is 1.54. The quantitative estimate of drug-likeness (QED) is 0.510. The van der Waals surface area contributed by atoms with E-state index in [9.17, 15) is 24.6 Å². The van der Waals surface area contributed by atoms with Gasteiger partial charge in [-0.3, -0.25) is 14.2 Å². The highest BCUT2D eigenvalue weighted by Crippen LogP contribution is 2.34. The topological polar surface area (TPSA) is 126 Å². The minimum atomic E-state index is -0.936. The largest absolute Gasteiger partial charge is 0.390 e. The Labute approximate surface area is 202 Å². The van der Waals surface area contributed by atoms with Crippen LogP contribution >= 0.6 is 11.6 Å². The first-order chi connectivity index (χ1) is 16.2. The molecular formula is C24H31ClN4O5. The third kappa shape index (κ3) is 5.42. The van der Waals surface area contributed by atoms with Gasteiger partial charge in [-0.15, -0.1) is 0 Å². The second-order valence-corrected chi connectivity index (χ2v) is 10.0. The minimum Gasteiger partial charge on any atom is -0.390 e. The van der Waals surface area contributed by atoms with E-state index in [1.54, 1.807) is 6.07 Å². The summed E-state index contributed by atoms with van der Waals surface area (Å²) in [5.41, 5.74) is -2.54. The molecule has 2 aliphatic carbocycles. The molecule has 1 heterocycles. The fraction of sp³-hybridized carbons (Fsp3) is 0.583. The van der Waals surface area contributed by atoms with Gasteiger partial charge in [-0.25, -0.2) is 4.79 Å². The maximum atomic E-state index is 13.0. The van der Waals surface area contributed by atoms with Crippen molar-refractivity contribution in [1.29, 1.82) is 0 Å². The molecule has 9 nitrogen and oxygen atoms in total. The van der Waals surface area contributed by atoms with Gasteiger partial charge in [0.05, 0.1) is 27.5 Å². The number of hydrogen-bond acceptors (Lipinski definition) is 6. The third-order valence-electron chi connectivity index (χ3n) is 7.10. The van der Waals surface area contributed by atoms with Crippen molar-refractivity contribution < 1.29 is 15.0 Å². The zero-order chi connectivity index (χ0) is 24.3. The zero-order valence-corrected chi connectivity index (χ0v) is 19.9. The Hall–Kier alpha value is -2.49. The van der Waals surface area contributed by atoms with Crippen molar-refractivity contribution in [3.63, 3.8) is 0 Å². The molecule has 2 saturated carbocycles. The van der Waals surface area contributed by atoms with Crippen LogP contribution in [0.2, 0.25) is 5.02 Å². The van der Waals surface area contributed by atoms with Gasteiger partial charge in [0.25, 0.3) is 11.5 Å². The predicted octanol–water partition coefficient (Wildman–Crippen LogP) is 2.17. The van der Waals surface area contributed by atoms with E-state index >= 15 is 0 Å². The van der Waals surface area contributed by atoms with Gasteiger partial charge in [-0.1, -0.05) is 37.3 Å². The fourth-order valence-corrected chi connectivity index (χ4v) is 4.90. The molecule has 1 aromatic carbocycles. The van der Waals surface area contributed by atoms with Gasteiger partial charge >= 0.3 is 5.69 Å². The van der Waals surface area contributed by atoms with E-state index < -0.39 is 28.4 Å². The predicted molar refractivity (Wildman–Crippen MR) is 128 cm³/mol. The number of nitrogens with zero attached hydrogens (tertiary/aromatic N) is 3. The van der Waals surface area contributed by atoms with Crippen molar-refractivity contribution in [2.45, 2.75) is 82.0 Å². The number of nitrogens with one attached hydrogen (secondary N) is 1. The number of carbonyl (C=O) groups is 1. The van der Waals surface area contributed by atoms with Crippen LogP contribution in [0, 0.1) is 0 Å². The highest BCUT2D eigenvalue weighted by Gasteiger charge is 2.34. The number of carbonyl (C=O) groups excluding carboxylic acids is 1. The van der Waals surface area contributed by atoms with Gasteiger partial charge in [0.15, 0.2) is 0 Å². The summed E-state index contributed by atoms with van der Waals surface area (Å²) < 4.78 is 2.08. The smallest absolute Gasteiger partial charge is 0.352 e. The van der Waals surface area contributed by atoms with Crippen LogP contribution in [0.1, 0.15) is 74.6 Å².